The first-order valence-corrected chi connectivity index (χ1v) is 5.97. The summed E-state index contributed by atoms with van der Waals surface area (Å²) in [5.41, 5.74) is 8.11. The lowest BCUT2D eigenvalue weighted by molar-refractivity contribution is 0.684. The third-order valence-corrected chi connectivity index (χ3v) is 3.78. The fraction of sp³-hybridized carbons (Fsp3) is 0.364. The minimum atomic E-state index is -0.166. The van der Waals surface area contributed by atoms with Crippen LogP contribution in [0.5, 0.6) is 0 Å². The molecule has 0 radical (unpaired) electrons. The van der Waals surface area contributed by atoms with Gasteiger partial charge in [-0.05, 0) is 31.2 Å². The fourth-order valence-electron chi connectivity index (χ4n) is 1.72. The molecule has 1 aliphatic rings. The maximum Gasteiger partial charge on any atom is 0.127 e. The molecule has 0 amide bonds. The number of thiophene rings is 1. The first kappa shape index (κ1) is 9.12. The van der Waals surface area contributed by atoms with Gasteiger partial charge in [-0.1, -0.05) is 6.07 Å². The van der Waals surface area contributed by atoms with Crippen LogP contribution in [-0.2, 0) is 5.54 Å². The van der Waals surface area contributed by atoms with Gasteiger partial charge in [0, 0.05) is 5.69 Å². The van der Waals surface area contributed by atoms with Crippen LogP contribution in [0.25, 0.3) is 10.6 Å². The van der Waals surface area contributed by atoms with E-state index in [0.717, 1.165) is 30.1 Å². The van der Waals surface area contributed by atoms with E-state index in [-0.39, 0.29) is 5.54 Å². The van der Waals surface area contributed by atoms with Gasteiger partial charge in [0.1, 0.15) is 11.5 Å². The van der Waals surface area contributed by atoms with Crippen LogP contribution in [0.2, 0.25) is 0 Å². The molecular formula is C11H13N3S. The van der Waals surface area contributed by atoms with Gasteiger partial charge < -0.3 is 10.7 Å². The molecule has 78 valence electrons. The second kappa shape index (κ2) is 2.93. The Morgan fingerprint density at radius 3 is 2.93 bits per heavy atom. The first-order valence-electron chi connectivity index (χ1n) is 5.09. The van der Waals surface area contributed by atoms with Crippen LogP contribution in [0, 0.1) is 6.92 Å². The van der Waals surface area contributed by atoms with Gasteiger partial charge in [-0.25, -0.2) is 4.98 Å². The molecule has 0 spiro atoms. The molecule has 0 atom stereocenters. The van der Waals surface area contributed by atoms with E-state index in [4.69, 9.17) is 5.73 Å². The number of nitrogens with one attached hydrogen (secondary N) is 1. The van der Waals surface area contributed by atoms with Crippen molar-refractivity contribution in [2.45, 2.75) is 25.3 Å². The Morgan fingerprint density at radius 1 is 1.53 bits per heavy atom. The quantitative estimate of drug-likeness (QED) is 0.814. The molecule has 15 heavy (non-hydrogen) atoms. The number of aryl methyl sites for hydroxylation is 1. The van der Waals surface area contributed by atoms with Crippen LogP contribution >= 0.6 is 11.3 Å². The normalized spacial score (nSPS) is 18.0. The zero-order valence-corrected chi connectivity index (χ0v) is 9.40. The van der Waals surface area contributed by atoms with Crippen LogP contribution in [0.3, 0.4) is 0 Å². The summed E-state index contributed by atoms with van der Waals surface area (Å²) >= 11 is 1.71. The largest absolute Gasteiger partial charge is 0.344 e. The van der Waals surface area contributed by atoms with Crippen LogP contribution in [0.4, 0.5) is 0 Å². The van der Waals surface area contributed by atoms with E-state index in [9.17, 15) is 0 Å². The highest BCUT2D eigenvalue weighted by Gasteiger charge is 2.43. The molecule has 3 rings (SSSR count). The van der Waals surface area contributed by atoms with E-state index < -0.39 is 0 Å². The molecule has 1 saturated carbocycles. The van der Waals surface area contributed by atoms with Gasteiger partial charge in [-0.15, -0.1) is 11.3 Å². The average molecular weight is 219 g/mol. The summed E-state index contributed by atoms with van der Waals surface area (Å²) in [5.74, 6) is 0.948. The molecule has 0 aromatic carbocycles. The predicted molar refractivity (Wildman–Crippen MR) is 61.7 cm³/mol. The van der Waals surface area contributed by atoms with Crippen molar-refractivity contribution >= 4 is 11.3 Å². The van der Waals surface area contributed by atoms with Crippen molar-refractivity contribution in [3.8, 4) is 10.6 Å². The zero-order valence-electron chi connectivity index (χ0n) is 8.58. The van der Waals surface area contributed by atoms with E-state index in [1.165, 1.54) is 4.88 Å². The van der Waals surface area contributed by atoms with E-state index in [1.54, 1.807) is 11.3 Å². The molecule has 3 nitrogen and oxygen atoms in total. The fourth-order valence-corrected chi connectivity index (χ4v) is 2.49. The van der Waals surface area contributed by atoms with Gasteiger partial charge in [0.2, 0.25) is 0 Å². The second-order valence-electron chi connectivity index (χ2n) is 4.19. The number of imidazole rings is 1. The maximum absolute atomic E-state index is 6.11. The van der Waals surface area contributed by atoms with Crippen LogP contribution in [0.1, 0.15) is 24.4 Å². The Hall–Kier alpha value is -1.13. The molecule has 0 bridgehead atoms. The Morgan fingerprint density at radius 2 is 2.33 bits per heavy atom. The Labute approximate surface area is 92.4 Å². The van der Waals surface area contributed by atoms with Gasteiger partial charge in [0.15, 0.2) is 0 Å². The lowest BCUT2D eigenvalue weighted by Gasteiger charge is -2.01. The standard InChI is InChI=1S/C11H13N3S/c1-7-9(8-3-2-6-15-8)14-10(13-7)11(12)4-5-11/h2-3,6H,4-5,12H2,1H3,(H,13,14). The first-order chi connectivity index (χ1) is 7.19. The minimum Gasteiger partial charge on any atom is -0.344 e. The number of rotatable bonds is 2. The van der Waals surface area contributed by atoms with Crippen LogP contribution < -0.4 is 5.73 Å². The summed E-state index contributed by atoms with van der Waals surface area (Å²) in [6, 6.07) is 4.14. The third kappa shape index (κ3) is 1.41. The van der Waals surface area contributed by atoms with Gasteiger partial charge in [0.25, 0.3) is 0 Å². The number of nitrogens with two attached hydrogens (primary N) is 1. The average Bonchev–Trinajstić information content (AvgIpc) is 2.71. The van der Waals surface area contributed by atoms with Crippen molar-refractivity contribution in [3.05, 3.63) is 29.0 Å². The summed E-state index contributed by atoms with van der Waals surface area (Å²) < 4.78 is 0. The zero-order chi connectivity index (χ0) is 10.5. The molecule has 3 N–H and O–H groups in total. The molecule has 4 heteroatoms. The Bertz CT molecular complexity index is 480. The van der Waals surface area contributed by atoms with E-state index >= 15 is 0 Å². The summed E-state index contributed by atoms with van der Waals surface area (Å²) in [4.78, 5) is 9.13. The highest BCUT2D eigenvalue weighted by Crippen LogP contribution is 2.42. The number of H-pyrrole nitrogens is 1. The lowest BCUT2D eigenvalue weighted by atomic mass is 10.3. The molecule has 0 aliphatic heterocycles. The number of hydrogen-bond donors (Lipinski definition) is 2. The van der Waals surface area contributed by atoms with E-state index in [0.29, 0.717) is 0 Å². The smallest absolute Gasteiger partial charge is 0.127 e. The molecule has 0 saturated heterocycles. The van der Waals surface area contributed by atoms with E-state index in [1.807, 2.05) is 6.07 Å². The molecule has 2 aromatic heterocycles. The van der Waals surface area contributed by atoms with Crippen molar-refractivity contribution in [1.82, 2.24) is 9.97 Å². The van der Waals surface area contributed by atoms with Crippen molar-refractivity contribution in [2.75, 3.05) is 0 Å². The van der Waals surface area contributed by atoms with Crippen molar-refractivity contribution in [3.63, 3.8) is 0 Å². The summed E-state index contributed by atoms with van der Waals surface area (Å²) in [5, 5.41) is 2.07. The third-order valence-electron chi connectivity index (χ3n) is 2.90. The van der Waals surface area contributed by atoms with Crippen molar-refractivity contribution in [1.29, 1.82) is 0 Å². The van der Waals surface area contributed by atoms with Gasteiger partial charge in [-0.2, -0.15) is 0 Å². The van der Waals surface area contributed by atoms with Crippen LogP contribution in [0.15, 0.2) is 17.5 Å². The van der Waals surface area contributed by atoms with Gasteiger partial charge in [-0.3, -0.25) is 0 Å². The molecular weight excluding hydrogens is 206 g/mol. The predicted octanol–water partition coefficient (Wildman–Crippen LogP) is 2.39. The minimum absolute atomic E-state index is 0.166. The number of aromatic amines is 1. The number of nitrogens with zero attached hydrogens (tertiary/aromatic N) is 1. The topological polar surface area (TPSA) is 54.7 Å². The number of aromatic nitrogens is 2. The van der Waals surface area contributed by atoms with Crippen molar-refractivity contribution in [2.24, 2.45) is 5.73 Å². The maximum atomic E-state index is 6.11. The highest BCUT2D eigenvalue weighted by atomic mass is 32.1. The van der Waals surface area contributed by atoms with E-state index in [2.05, 4.69) is 28.3 Å². The van der Waals surface area contributed by atoms with Gasteiger partial charge in [0.05, 0.1) is 10.4 Å². The highest BCUT2D eigenvalue weighted by molar-refractivity contribution is 7.13. The molecule has 1 fully saturated rings. The van der Waals surface area contributed by atoms with Gasteiger partial charge >= 0.3 is 0 Å². The molecule has 2 aromatic rings. The van der Waals surface area contributed by atoms with Crippen molar-refractivity contribution < 1.29 is 0 Å². The Kier molecular flexibility index (Phi) is 1.78. The summed E-state index contributed by atoms with van der Waals surface area (Å²) in [6.45, 7) is 2.05. The molecule has 0 unspecified atom stereocenters. The summed E-state index contributed by atoms with van der Waals surface area (Å²) in [6.07, 6.45) is 2.09. The van der Waals surface area contributed by atoms with Crippen LogP contribution in [-0.4, -0.2) is 9.97 Å². The monoisotopic (exact) mass is 219 g/mol. The lowest BCUT2D eigenvalue weighted by Crippen LogP contribution is -2.20. The molecule has 1 aliphatic carbocycles. The molecule has 2 heterocycles. The Balaban J connectivity index is 2.06. The SMILES string of the molecule is Cc1[nH]c(C2(N)CC2)nc1-c1cccs1. The summed E-state index contributed by atoms with van der Waals surface area (Å²) in [7, 11) is 0. The number of hydrogen-bond acceptors (Lipinski definition) is 3. The second-order valence-corrected chi connectivity index (χ2v) is 5.14.